The van der Waals surface area contributed by atoms with Gasteiger partial charge in [0.1, 0.15) is 4.90 Å². The van der Waals surface area contributed by atoms with Gasteiger partial charge in [-0.25, -0.2) is 8.42 Å². The van der Waals surface area contributed by atoms with E-state index in [4.69, 9.17) is 16.3 Å². The van der Waals surface area contributed by atoms with Crippen LogP contribution in [0.3, 0.4) is 0 Å². The Morgan fingerprint density at radius 3 is 2.33 bits per heavy atom. The number of nitrogens with zero attached hydrogens (tertiary/aromatic N) is 2. The van der Waals surface area contributed by atoms with E-state index in [2.05, 4.69) is 0 Å². The summed E-state index contributed by atoms with van der Waals surface area (Å²) in [6.45, 7) is 2.67. The molecular formula is C16H21ClN2O4S. The average molecular weight is 373 g/mol. The monoisotopic (exact) mass is 372 g/mol. The molecule has 1 aromatic rings. The van der Waals surface area contributed by atoms with Crippen molar-refractivity contribution in [1.29, 1.82) is 0 Å². The molecule has 0 radical (unpaired) electrons. The summed E-state index contributed by atoms with van der Waals surface area (Å²) in [4.78, 5) is 14.4. The van der Waals surface area contributed by atoms with Gasteiger partial charge in [-0.15, -0.1) is 0 Å². The van der Waals surface area contributed by atoms with Gasteiger partial charge < -0.3 is 9.64 Å². The van der Waals surface area contributed by atoms with Gasteiger partial charge in [0.2, 0.25) is 15.9 Å². The summed E-state index contributed by atoms with van der Waals surface area (Å²) in [5.41, 5.74) is 0. The largest absolute Gasteiger partial charge is 0.381 e. The van der Waals surface area contributed by atoms with Gasteiger partial charge in [-0.1, -0.05) is 23.7 Å². The van der Waals surface area contributed by atoms with Gasteiger partial charge in [-0.2, -0.15) is 4.31 Å². The van der Waals surface area contributed by atoms with Crippen LogP contribution in [0.1, 0.15) is 12.8 Å². The standard InChI is InChI=1S/C16H21ClN2O4S/c17-14-3-1-2-4-15(14)24(21,22)19-9-7-18(8-10-19)16(20)13-5-11-23-12-6-13/h1-4,13H,5-12H2. The number of rotatable bonds is 3. The molecule has 24 heavy (non-hydrogen) atoms. The summed E-state index contributed by atoms with van der Waals surface area (Å²) in [6, 6.07) is 6.44. The van der Waals surface area contributed by atoms with Crippen LogP contribution < -0.4 is 0 Å². The van der Waals surface area contributed by atoms with E-state index in [1.165, 1.54) is 10.4 Å². The van der Waals surface area contributed by atoms with Crippen LogP contribution in [-0.4, -0.2) is 62.9 Å². The van der Waals surface area contributed by atoms with E-state index in [-0.39, 0.29) is 21.7 Å². The van der Waals surface area contributed by atoms with E-state index in [1.54, 1.807) is 23.1 Å². The van der Waals surface area contributed by atoms with E-state index >= 15 is 0 Å². The quantitative estimate of drug-likeness (QED) is 0.808. The maximum Gasteiger partial charge on any atom is 0.244 e. The van der Waals surface area contributed by atoms with E-state index in [1.807, 2.05) is 0 Å². The molecule has 0 saturated carbocycles. The van der Waals surface area contributed by atoms with Gasteiger partial charge in [0.25, 0.3) is 0 Å². The maximum atomic E-state index is 12.7. The van der Waals surface area contributed by atoms with E-state index in [0.29, 0.717) is 39.4 Å². The molecular weight excluding hydrogens is 352 g/mol. The summed E-state index contributed by atoms with van der Waals surface area (Å²) in [7, 11) is -3.62. The smallest absolute Gasteiger partial charge is 0.244 e. The molecule has 2 heterocycles. The Balaban J connectivity index is 1.64. The predicted octanol–water partition coefficient (Wildman–Crippen LogP) is 1.60. The van der Waals surface area contributed by atoms with Crippen molar-refractivity contribution in [3.8, 4) is 0 Å². The Bertz CT molecular complexity index is 696. The van der Waals surface area contributed by atoms with Crippen LogP contribution in [0, 0.1) is 5.92 Å². The van der Waals surface area contributed by atoms with Crippen molar-refractivity contribution in [2.45, 2.75) is 17.7 Å². The zero-order valence-electron chi connectivity index (χ0n) is 13.4. The number of benzene rings is 1. The molecule has 0 atom stereocenters. The third-order valence-corrected chi connectivity index (χ3v) is 6.97. The van der Waals surface area contributed by atoms with Gasteiger partial charge in [-0.3, -0.25) is 4.79 Å². The Morgan fingerprint density at radius 1 is 1.08 bits per heavy atom. The topological polar surface area (TPSA) is 66.9 Å². The van der Waals surface area contributed by atoms with Crippen LogP contribution >= 0.6 is 11.6 Å². The fourth-order valence-electron chi connectivity index (χ4n) is 3.14. The highest BCUT2D eigenvalue weighted by Gasteiger charge is 2.33. The number of carbonyl (C=O) groups is 1. The van der Waals surface area contributed by atoms with Gasteiger partial charge >= 0.3 is 0 Å². The van der Waals surface area contributed by atoms with Crippen LogP contribution in [0.25, 0.3) is 0 Å². The van der Waals surface area contributed by atoms with E-state index in [0.717, 1.165) is 12.8 Å². The summed E-state index contributed by atoms with van der Waals surface area (Å²) in [5, 5.41) is 0.221. The third-order valence-electron chi connectivity index (χ3n) is 4.58. The fourth-order valence-corrected chi connectivity index (χ4v) is 5.06. The van der Waals surface area contributed by atoms with E-state index in [9.17, 15) is 13.2 Å². The van der Waals surface area contributed by atoms with Gasteiger partial charge in [0.05, 0.1) is 5.02 Å². The second-order valence-electron chi connectivity index (χ2n) is 6.05. The minimum Gasteiger partial charge on any atom is -0.381 e. The number of sulfonamides is 1. The van der Waals surface area contributed by atoms with Gasteiger partial charge in [0.15, 0.2) is 0 Å². The van der Waals surface area contributed by atoms with Crippen LogP contribution in [0.5, 0.6) is 0 Å². The van der Waals surface area contributed by atoms with Crippen LogP contribution in [0.4, 0.5) is 0 Å². The molecule has 3 rings (SSSR count). The molecule has 2 fully saturated rings. The molecule has 0 unspecified atom stereocenters. The molecule has 6 nitrogen and oxygen atoms in total. The van der Waals surface area contributed by atoms with Crippen molar-refractivity contribution < 1.29 is 17.9 Å². The molecule has 2 saturated heterocycles. The average Bonchev–Trinajstić information content (AvgIpc) is 2.62. The summed E-state index contributed by atoms with van der Waals surface area (Å²) < 4.78 is 32.1. The zero-order valence-corrected chi connectivity index (χ0v) is 14.9. The SMILES string of the molecule is O=C(C1CCOCC1)N1CCN(S(=O)(=O)c2ccccc2Cl)CC1. The lowest BCUT2D eigenvalue weighted by molar-refractivity contribution is -0.139. The predicted molar refractivity (Wildman–Crippen MR) is 90.3 cm³/mol. The lowest BCUT2D eigenvalue weighted by atomic mass is 9.98. The Morgan fingerprint density at radius 2 is 1.71 bits per heavy atom. The maximum absolute atomic E-state index is 12.7. The van der Waals surface area contributed by atoms with Crippen LogP contribution in [0.2, 0.25) is 5.02 Å². The Hall–Kier alpha value is -1.15. The number of amides is 1. The minimum absolute atomic E-state index is 0.00507. The Kier molecular flexibility index (Phi) is 5.44. The molecule has 0 aromatic heterocycles. The number of ether oxygens (including phenoxy) is 1. The summed E-state index contributed by atoms with van der Waals surface area (Å²) >= 11 is 6.03. The van der Waals surface area contributed by atoms with Crippen molar-refractivity contribution in [3.05, 3.63) is 29.3 Å². The Labute approximate surface area is 147 Å². The fraction of sp³-hybridized carbons (Fsp3) is 0.562. The van der Waals surface area contributed by atoms with Gasteiger partial charge in [-0.05, 0) is 25.0 Å². The van der Waals surface area contributed by atoms with Crippen molar-refractivity contribution in [2.75, 3.05) is 39.4 Å². The lowest BCUT2D eigenvalue weighted by Gasteiger charge is -2.36. The summed E-state index contributed by atoms with van der Waals surface area (Å²) in [5.74, 6) is 0.124. The number of halogens is 1. The van der Waals surface area contributed by atoms with Crippen molar-refractivity contribution >= 4 is 27.5 Å². The second-order valence-corrected chi connectivity index (χ2v) is 8.36. The molecule has 2 aliphatic heterocycles. The number of piperazine rings is 1. The van der Waals surface area contributed by atoms with Crippen LogP contribution in [-0.2, 0) is 19.6 Å². The first-order chi connectivity index (χ1) is 11.5. The molecule has 1 aromatic carbocycles. The first-order valence-corrected chi connectivity index (χ1v) is 9.93. The molecule has 132 valence electrons. The molecule has 1 amide bonds. The number of hydrogen-bond acceptors (Lipinski definition) is 4. The highest BCUT2D eigenvalue weighted by atomic mass is 35.5. The zero-order chi connectivity index (χ0) is 17.2. The minimum atomic E-state index is -3.62. The molecule has 0 N–H and O–H groups in total. The van der Waals surface area contributed by atoms with Crippen LogP contribution in [0.15, 0.2) is 29.2 Å². The molecule has 0 aliphatic carbocycles. The van der Waals surface area contributed by atoms with Crippen molar-refractivity contribution in [1.82, 2.24) is 9.21 Å². The highest BCUT2D eigenvalue weighted by Crippen LogP contribution is 2.25. The summed E-state index contributed by atoms with van der Waals surface area (Å²) in [6.07, 6.45) is 1.49. The van der Waals surface area contributed by atoms with Crippen molar-refractivity contribution in [3.63, 3.8) is 0 Å². The normalized spacial score (nSPS) is 21.0. The first kappa shape index (κ1) is 17.7. The molecule has 0 bridgehead atoms. The van der Waals surface area contributed by atoms with Gasteiger partial charge in [0, 0.05) is 45.3 Å². The van der Waals surface area contributed by atoms with Crippen molar-refractivity contribution in [2.24, 2.45) is 5.92 Å². The molecule has 8 heteroatoms. The first-order valence-electron chi connectivity index (χ1n) is 8.11. The van der Waals surface area contributed by atoms with E-state index < -0.39 is 10.0 Å². The second kappa shape index (κ2) is 7.39. The number of carbonyl (C=O) groups excluding carboxylic acids is 1. The molecule has 2 aliphatic rings. The molecule has 0 spiro atoms. The lowest BCUT2D eigenvalue weighted by Crippen LogP contribution is -2.52. The number of hydrogen-bond donors (Lipinski definition) is 0. The highest BCUT2D eigenvalue weighted by molar-refractivity contribution is 7.89. The third kappa shape index (κ3) is 3.59.